The van der Waals surface area contributed by atoms with Gasteiger partial charge in [0, 0.05) is 26.4 Å². The zero-order chi connectivity index (χ0) is 14.4. The molecule has 2 aromatic rings. The first-order chi connectivity index (χ1) is 9.72. The molecule has 4 heteroatoms. The lowest BCUT2D eigenvalue weighted by atomic mass is 10.1. The number of amides is 1. The minimum atomic E-state index is -0.120. The number of hydrogen-bond acceptors (Lipinski definition) is 2. The Balaban J connectivity index is 1.99. The van der Waals surface area contributed by atoms with Crippen molar-refractivity contribution < 1.29 is 9.53 Å². The molecule has 0 aliphatic rings. The van der Waals surface area contributed by atoms with E-state index in [4.69, 9.17) is 4.74 Å². The Morgan fingerprint density at radius 3 is 2.60 bits per heavy atom. The van der Waals surface area contributed by atoms with Gasteiger partial charge in [0.25, 0.3) is 5.91 Å². The van der Waals surface area contributed by atoms with Crippen LogP contribution in [0, 0.1) is 0 Å². The van der Waals surface area contributed by atoms with Crippen LogP contribution in [0.3, 0.4) is 0 Å². The van der Waals surface area contributed by atoms with Crippen molar-refractivity contribution in [1.29, 1.82) is 0 Å². The van der Waals surface area contributed by atoms with Crippen molar-refractivity contribution in [3.8, 4) is 0 Å². The summed E-state index contributed by atoms with van der Waals surface area (Å²) in [6, 6.07) is 13.6. The highest BCUT2D eigenvalue weighted by molar-refractivity contribution is 5.92. The van der Waals surface area contributed by atoms with E-state index in [2.05, 4.69) is 5.32 Å². The second-order valence-electron chi connectivity index (χ2n) is 4.57. The Bertz CT molecular complexity index is 549. The van der Waals surface area contributed by atoms with Gasteiger partial charge in [-0.3, -0.25) is 4.79 Å². The van der Waals surface area contributed by atoms with Crippen LogP contribution in [-0.2, 0) is 11.8 Å². The third-order valence-corrected chi connectivity index (χ3v) is 3.16. The van der Waals surface area contributed by atoms with E-state index in [9.17, 15) is 4.79 Å². The van der Waals surface area contributed by atoms with Crippen molar-refractivity contribution in [2.24, 2.45) is 7.05 Å². The lowest BCUT2D eigenvalue weighted by Gasteiger charge is -2.18. The van der Waals surface area contributed by atoms with Crippen LogP contribution in [0.4, 0.5) is 0 Å². The fourth-order valence-electron chi connectivity index (χ4n) is 2.11. The molecular weight excluding hydrogens is 252 g/mol. The first-order valence-corrected chi connectivity index (χ1v) is 6.78. The molecule has 0 spiro atoms. The Labute approximate surface area is 119 Å². The summed E-state index contributed by atoms with van der Waals surface area (Å²) in [4.78, 5) is 12.1. The smallest absolute Gasteiger partial charge is 0.267 e. The molecule has 1 aromatic carbocycles. The van der Waals surface area contributed by atoms with Crippen LogP contribution in [0.25, 0.3) is 0 Å². The zero-order valence-corrected chi connectivity index (χ0v) is 11.9. The first kappa shape index (κ1) is 14.3. The fourth-order valence-corrected chi connectivity index (χ4v) is 2.11. The monoisotopic (exact) mass is 272 g/mol. The third kappa shape index (κ3) is 3.48. The molecule has 0 bridgehead atoms. The summed E-state index contributed by atoms with van der Waals surface area (Å²) in [5, 5.41) is 2.92. The number of nitrogens with one attached hydrogen (secondary N) is 1. The predicted molar refractivity (Wildman–Crippen MR) is 78.6 cm³/mol. The van der Waals surface area contributed by atoms with E-state index in [-0.39, 0.29) is 12.0 Å². The summed E-state index contributed by atoms with van der Waals surface area (Å²) < 4.78 is 7.50. The number of carbonyl (C=O) groups is 1. The second kappa shape index (κ2) is 6.91. The lowest BCUT2D eigenvalue weighted by molar-refractivity contribution is 0.0584. The minimum Gasteiger partial charge on any atom is -0.372 e. The Morgan fingerprint density at radius 1 is 1.25 bits per heavy atom. The summed E-state index contributed by atoms with van der Waals surface area (Å²) in [6.07, 6.45) is 1.73. The van der Waals surface area contributed by atoms with Crippen molar-refractivity contribution in [3.63, 3.8) is 0 Å². The fraction of sp³-hybridized carbons (Fsp3) is 0.312. The third-order valence-electron chi connectivity index (χ3n) is 3.16. The van der Waals surface area contributed by atoms with Crippen LogP contribution in [-0.4, -0.2) is 23.6 Å². The Kier molecular flexibility index (Phi) is 4.96. The molecule has 1 atom stereocenters. The van der Waals surface area contributed by atoms with Crippen LogP contribution < -0.4 is 5.32 Å². The highest BCUT2D eigenvalue weighted by atomic mass is 16.5. The molecule has 0 aliphatic carbocycles. The number of ether oxygens (including phenoxy) is 1. The quantitative estimate of drug-likeness (QED) is 0.878. The average Bonchev–Trinajstić information content (AvgIpc) is 2.90. The number of aromatic nitrogens is 1. The maximum Gasteiger partial charge on any atom is 0.267 e. The Morgan fingerprint density at radius 2 is 2.00 bits per heavy atom. The molecule has 0 fully saturated rings. The summed E-state index contributed by atoms with van der Waals surface area (Å²) in [6.45, 7) is 3.02. The molecule has 0 unspecified atom stereocenters. The van der Waals surface area contributed by atoms with Gasteiger partial charge in [-0.05, 0) is 24.6 Å². The molecule has 4 nitrogen and oxygen atoms in total. The normalized spacial score (nSPS) is 12.1. The molecular formula is C16H20N2O2. The van der Waals surface area contributed by atoms with Gasteiger partial charge in [-0.1, -0.05) is 30.3 Å². The number of aryl methyl sites for hydroxylation is 1. The molecule has 2 rings (SSSR count). The van der Waals surface area contributed by atoms with Crippen LogP contribution in [0.15, 0.2) is 48.7 Å². The van der Waals surface area contributed by atoms with Crippen LogP contribution >= 0.6 is 0 Å². The van der Waals surface area contributed by atoms with Crippen LogP contribution in [0.2, 0.25) is 0 Å². The molecule has 106 valence electrons. The van der Waals surface area contributed by atoms with E-state index in [1.807, 2.05) is 56.6 Å². The topological polar surface area (TPSA) is 43.3 Å². The predicted octanol–water partition coefficient (Wildman–Crippen LogP) is 2.53. The molecule has 0 radical (unpaired) electrons. The van der Waals surface area contributed by atoms with Gasteiger partial charge in [0.2, 0.25) is 0 Å². The van der Waals surface area contributed by atoms with Gasteiger partial charge in [-0.15, -0.1) is 0 Å². The highest BCUT2D eigenvalue weighted by Gasteiger charge is 2.14. The standard InChI is InChI=1S/C16H20N2O2/c1-3-20-15(13-8-5-4-6-9-13)12-17-16(19)14-10-7-11-18(14)2/h4-11,15H,3,12H2,1-2H3,(H,17,19)/t15-/m0/s1. The molecule has 0 aliphatic heterocycles. The van der Waals surface area contributed by atoms with E-state index in [1.165, 1.54) is 0 Å². The largest absolute Gasteiger partial charge is 0.372 e. The number of rotatable bonds is 6. The van der Waals surface area contributed by atoms with E-state index < -0.39 is 0 Å². The zero-order valence-electron chi connectivity index (χ0n) is 11.9. The van der Waals surface area contributed by atoms with Crippen molar-refractivity contribution in [2.45, 2.75) is 13.0 Å². The maximum atomic E-state index is 12.1. The molecule has 1 N–H and O–H groups in total. The maximum absolute atomic E-state index is 12.1. The SMILES string of the molecule is CCO[C@@H](CNC(=O)c1cccn1C)c1ccccc1. The van der Waals surface area contributed by atoms with Crippen molar-refractivity contribution >= 4 is 5.91 Å². The summed E-state index contributed by atoms with van der Waals surface area (Å²) in [5.74, 6) is -0.0851. The number of carbonyl (C=O) groups excluding carboxylic acids is 1. The van der Waals surface area contributed by atoms with Gasteiger partial charge in [0.15, 0.2) is 0 Å². The number of nitrogens with zero attached hydrogens (tertiary/aromatic N) is 1. The van der Waals surface area contributed by atoms with Gasteiger partial charge in [0.1, 0.15) is 5.69 Å². The molecule has 0 saturated heterocycles. The van der Waals surface area contributed by atoms with Gasteiger partial charge in [-0.25, -0.2) is 0 Å². The van der Waals surface area contributed by atoms with Crippen LogP contribution in [0.5, 0.6) is 0 Å². The molecule has 1 heterocycles. The lowest BCUT2D eigenvalue weighted by Crippen LogP contribution is -2.30. The average molecular weight is 272 g/mol. The number of hydrogen-bond donors (Lipinski definition) is 1. The summed E-state index contributed by atoms with van der Waals surface area (Å²) >= 11 is 0. The van der Waals surface area contributed by atoms with E-state index >= 15 is 0 Å². The van der Waals surface area contributed by atoms with E-state index in [1.54, 1.807) is 10.6 Å². The van der Waals surface area contributed by atoms with E-state index in [0.717, 1.165) is 5.56 Å². The highest BCUT2D eigenvalue weighted by Crippen LogP contribution is 2.16. The van der Waals surface area contributed by atoms with Crippen molar-refractivity contribution in [2.75, 3.05) is 13.2 Å². The van der Waals surface area contributed by atoms with Gasteiger partial charge in [-0.2, -0.15) is 0 Å². The summed E-state index contributed by atoms with van der Waals surface area (Å²) in [7, 11) is 1.85. The van der Waals surface area contributed by atoms with E-state index in [0.29, 0.717) is 18.8 Å². The number of benzene rings is 1. The Hall–Kier alpha value is -2.07. The van der Waals surface area contributed by atoms with Gasteiger partial charge < -0.3 is 14.6 Å². The van der Waals surface area contributed by atoms with Crippen molar-refractivity contribution in [3.05, 3.63) is 59.9 Å². The molecule has 0 saturated carbocycles. The first-order valence-electron chi connectivity index (χ1n) is 6.78. The summed E-state index contributed by atoms with van der Waals surface area (Å²) in [5.41, 5.74) is 1.72. The molecule has 1 amide bonds. The molecule has 1 aromatic heterocycles. The van der Waals surface area contributed by atoms with Gasteiger partial charge in [0.05, 0.1) is 6.10 Å². The van der Waals surface area contributed by atoms with Gasteiger partial charge >= 0.3 is 0 Å². The molecule has 20 heavy (non-hydrogen) atoms. The minimum absolute atomic E-state index is 0.0851. The van der Waals surface area contributed by atoms with Crippen LogP contribution in [0.1, 0.15) is 29.1 Å². The second-order valence-corrected chi connectivity index (χ2v) is 4.57. The van der Waals surface area contributed by atoms with Crippen molar-refractivity contribution in [1.82, 2.24) is 9.88 Å².